The van der Waals surface area contributed by atoms with E-state index in [0.29, 0.717) is 6.42 Å². The highest BCUT2D eigenvalue weighted by Gasteiger charge is 2.32. The minimum Gasteiger partial charge on any atom is -0.430 e. The number of alkyl halides is 3. The number of carbonyl (C=O) groups excluding carboxylic acids is 1. The van der Waals surface area contributed by atoms with Gasteiger partial charge in [0.2, 0.25) is 0 Å². The Balaban J connectivity index is 1.98. The van der Waals surface area contributed by atoms with Crippen molar-refractivity contribution in [2.24, 2.45) is 0 Å². The van der Waals surface area contributed by atoms with Gasteiger partial charge in [-0.15, -0.1) is 0 Å². The SMILES string of the molecule is CN(C(=O)O[C@H]1CCCN1C)c1ccc(F)cc1-c1cc(Cl)cc(C(F)(F)F)c1. The van der Waals surface area contributed by atoms with Crippen molar-refractivity contribution >= 4 is 23.4 Å². The minimum absolute atomic E-state index is 0.0389. The van der Waals surface area contributed by atoms with E-state index in [1.807, 2.05) is 11.9 Å². The van der Waals surface area contributed by atoms with Crippen molar-refractivity contribution in [2.75, 3.05) is 25.5 Å². The van der Waals surface area contributed by atoms with Crippen LogP contribution in [0, 0.1) is 5.82 Å². The number of ether oxygens (including phenoxy) is 1. The van der Waals surface area contributed by atoms with Crippen LogP contribution in [0.25, 0.3) is 11.1 Å². The lowest BCUT2D eigenvalue weighted by molar-refractivity contribution is -0.137. The Hall–Kier alpha value is -2.32. The molecule has 1 amide bonds. The van der Waals surface area contributed by atoms with Gasteiger partial charge in [-0.3, -0.25) is 9.80 Å². The molecule has 1 aliphatic rings. The summed E-state index contributed by atoms with van der Waals surface area (Å²) in [6.07, 6.45) is -4.10. The fourth-order valence-corrected chi connectivity index (χ4v) is 3.50. The molecule has 156 valence electrons. The van der Waals surface area contributed by atoms with Gasteiger partial charge < -0.3 is 4.74 Å². The molecule has 0 spiro atoms. The van der Waals surface area contributed by atoms with Crippen molar-refractivity contribution < 1.29 is 27.1 Å². The zero-order valence-corrected chi connectivity index (χ0v) is 16.5. The van der Waals surface area contributed by atoms with E-state index in [0.717, 1.165) is 42.1 Å². The Morgan fingerprint density at radius 2 is 1.97 bits per heavy atom. The van der Waals surface area contributed by atoms with Gasteiger partial charge in [0.15, 0.2) is 6.23 Å². The Bertz CT molecular complexity index is 920. The third kappa shape index (κ3) is 4.82. The van der Waals surface area contributed by atoms with E-state index in [1.54, 1.807) is 0 Å². The van der Waals surface area contributed by atoms with Gasteiger partial charge in [0, 0.05) is 24.2 Å². The third-order valence-electron chi connectivity index (χ3n) is 4.82. The summed E-state index contributed by atoms with van der Waals surface area (Å²) < 4.78 is 58.9. The van der Waals surface area contributed by atoms with E-state index in [2.05, 4.69) is 0 Å². The molecule has 0 radical (unpaired) electrons. The van der Waals surface area contributed by atoms with Crippen LogP contribution in [-0.2, 0) is 10.9 Å². The summed E-state index contributed by atoms with van der Waals surface area (Å²) in [5.74, 6) is -0.658. The fourth-order valence-electron chi connectivity index (χ4n) is 3.26. The number of nitrogens with zero attached hydrogens (tertiary/aromatic N) is 2. The van der Waals surface area contributed by atoms with Crippen molar-refractivity contribution in [3.8, 4) is 11.1 Å². The molecule has 1 aliphatic heterocycles. The molecule has 9 heteroatoms. The molecule has 0 N–H and O–H groups in total. The van der Waals surface area contributed by atoms with Crippen LogP contribution in [-0.4, -0.2) is 37.9 Å². The largest absolute Gasteiger partial charge is 0.430 e. The molecule has 1 atom stereocenters. The number of carbonyl (C=O) groups is 1. The quantitative estimate of drug-likeness (QED) is 0.578. The average Bonchev–Trinajstić information content (AvgIpc) is 3.04. The monoisotopic (exact) mass is 430 g/mol. The zero-order valence-electron chi connectivity index (χ0n) is 15.8. The van der Waals surface area contributed by atoms with E-state index < -0.39 is 23.7 Å². The van der Waals surface area contributed by atoms with Gasteiger partial charge in [0.05, 0.1) is 11.3 Å². The lowest BCUT2D eigenvalue weighted by Crippen LogP contribution is -2.36. The Labute approximate surface area is 170 Å². The first-order valence-corrected chi connectivity index (χ1v) is 9.26. The summed E-state index contributed by atoms with van der Waals surface area (Å²) in [5.41, 5.74) is -0.630. The number of anilines is 1. The Morgan fingerprint density at radius 1 is 1.24 bits per heavy atom. The van der Waals surface area contributed by atoms with Crippen molar-refractivity contribution in [1.82, 2.24) is 4.90 Å². The number of rotatable bonds is 3. The van der Waals surface area contributed by atoms with Crippen LogP contribution in [0.3, 0.4) is 0 Å². The zero-order chi connectivity index (χ0) is 21.3. The molecule has 0 unspecified atom stereocenters. The third-order valence-corrected chi connectivity index (χ3v) is 5.04. The van der Waals surface area contributed by atoms with Crippen LogP contribution >= 0.6 is 11.6 Å². The molecule has 0 bridgehead atoms. The molecule has 1 fully saturated rings. The molecule has 29 heavy (non-hydrogen) atoms. The lowest BCUT2D eigenvalue weighted by atomic mass is 10.0. The first-order chi connectivity index (χ1) is 13.6. The van der Waals surface area contributed by atoms with Crippen LogP contribution in [0.15, 0.2) is 36.4 Å². The van der Waals surface area contributed by atoms with E-state index in [9.17, 15) is 22.4 Å². The van der Waals surface area contributed by atoms with Crippen LogP contribution in [0.2, 0.25) is 5.02 Å². The topological polar surface area (TPSA) is 32.8 Å². The predicted molar refractivity (Wildman–Crippen MR) is 102 cm³/mol. The first kappa shape index (κ1) is 21.4. The summed E-state index contributed by atoms with van der Waals surface area (Å²) in [7, 11) is 3.25. The Morgan fingerprint density at radius 3 is 2.59 bits per heavy atom. The highest BCUT2D eigenvalue weighted by Crippen LogP contribution is 2.38. The molecule has 0 aliphatic carbocycles. The van der Waals surface area contributed by atoms with Crippen LogP contribution < -0.4 is 4.90 Å². The number of amides is 1. The van der Waals surface area contributed by atoms with Gasteiger partial charge in [0.1, 0.15) is 5.82 Å². The van der Waals surface area contributed by atoms with Crippen molar-refractivity contribution in [1.29, 1.82) is 0 Å². The van der Waals surface area contributed by atoms with Gasteiger partial charge in [0.25, 0.3) is 0 Å². The number of benzene rings is 2. The lowest BCUT2D eigenvalue weighted by Gasteiger charge is -2.25. The molecular weight excluding hydrogens is 412 g/mol. The van der Waals surface area contributed by atoms with E-state index in [-0.39, 0.29) is 28.1 Å². The molecule has 3 rings (SSSR count). The smallest absolute Gasteiger partial charge is 0.416 e. The average molecular weight is 431 g/mol. The van der Waals surface area contributed by atoms with E-state index in [4.69, 9.17) is 16.3 Å². The summed E-state index contributed by atoms with van der Waals surface area (Å²) >= 11 is 5.87. The Kier molecular flexibility index (Phi) is 6.05. The maximum Gasteiger partial charge on any atom is 0.416 e. The van der Waals surface area contributed by atoms with Crippen LogP contribution in [0.1, 0.15) is 18.4 Å². The molecule has 1 heterocycles. The molecule has 1 saturated heterocycles. The molecule has 2 aromatic carbocycles. The van der Waals surface area contributed by atoms with Gasteiger partial charge in [-0.1, -0.05) is 11.6 Å². The summed E-state index contributed by atoms with van der Waals surface area (Å²) in [6.45, 7) is 0.798. The first-order valence-electron chi connectivity index (χ1n) is 8.88. The normalized spacial score (nSPS) is 17.4. The standard InChI is InChI=1S/C20H19ClF4N2O2/c1-26-7-3-4-18(26)29-19(28)27(2)17-6-5-15(22)11-16(17)12-8-13(20(23,24)25)10-14(21)9-12/h5-6,8-11,18H,3-4,7H2,1-2H3/t18-/m0/s1. The molecule has 2 aromatic rings. The van der Waals surface area contributed by atoms with Gasteiger partial charge >= 0.3 is 12.3 Å². The second-order valence-corrected chi connectivity index (χ2v) is 7.34. The summed E-state index contributed by atoms with van der Waals surface area (Å²) in [6, 6.07) is 6.45. The highest BCUT2D eigenvalue weighted by atomic mass is 35.5. The summed E-state index contributed by atoms with van der Waals surface area (Å²) in [5, 5.41) is -0.150. The molecular formula is C20H19ClF4N2O2. The molecule has 0 saturated carbocycles. The minimum atomic E-state index is -4.62. The highest BCUT2D eigenvalue weighted by molar-refractivity contribution is 6.31. The maximum absolute atomic E-state index is 13.9. The van der Waals surface area contributed by atoms with Crippen molar-refractivity contribution in [3.63, 3.8) is 0 Å². The number of hydrogen-bond donors (Lipinski definition) is 0. The second-order valence-electron chi connectivity index (χ2n) is 6.91. The fraction of sp³-hybridized carbons (Fsp3) is 0.350. The van der Waals surface area contributed by atoms with E-state index in [1.165, 1.54) is 19.2 Å². The summed E-state index contributed by atoms with van der Waals surface area (Å²) in [4.78, 5) is 15.6. The number of hydrogen-bond acceptors (Lipinski definition) is 3. The molecule has 0 aromatic heterocycles. The predicted octanol–water partition coefficient (Wildman–Crippen LogP) is 5.79. The van der Waals surface area contributed by atoms with Crippen LogP contribution in [0.4, 0.5) is 28.0 Å². The van der Waals surface area contributed by atoms with Gasteiger partial charge in [-0.2, -0.15) is 13.2 Å². The maximum atomic E-state index is 13.9. The van der Waals surface area contributed by atoms with Gasteiger partial charge in [-0.25, -0.2) is 9.18 Å². The molecule has 4 nitrogen and oxygen atoms in total. The van der Waals surface area contributed by atoms with Crippen molar-refractivity contribution in [2.45, 2.75) is 25.2 Å². The van der Waals surface area contributed by atoms with E-state index >= 15 is 0 Å². The van der Waals surface area contributed by atoms with Gasteiger partial charge in [-0.05, 0) is 61.9 Å². The second kappa shape index (κ2) is 8.20. The van der Waals surface area contributed by atoms with Crippen molar-refractivity contribution in [3.05, 3.63) is 52.8 Å². The number of halogens is 5. The van der Waals surface area contributed by atoms with Crippen LogP contribution in [0.5, 0.6) is 0 Å². The number of likely N-dealkylation sites (tertiary alicyclic amines) is 1.